The van der Waals surface area contributed by atoms with E-state index in [1.54, 1.807) is 36.5 Å². The van der Waals surface area contributed by atoms with Crippen LogP contribution >= 0.6 is 11.6 Å². The zero-order valence-corrected chi connectivity index (χ0v) is 34.2. The van der Waals surface area contributed by atoms with Gasteiger partial charge in [0.25, 0.3) is 17.7 Å². The van der Waals surface area contributed by atoms with E-state index in [4.69, 9.17) is 26.6 Å². The lowest BCUT2D eigenvalue weighted by atomic mass is 9.95. The summed E-state index contributed by atoms with van der Waals surface area (Å²) in [6.07, 6.45) is 6.31. The lowest BCUT2D eigenvalue weighted by Gasteiger charge is -2.39. The molecule has 5 aliphatic rings. The topological polar surface area (TPSA) is 159 Å². The summed E-state index contributed by atoms with van der Waals surface area (Å²) in [5.74, 6) is 0.0299. The van der Waals surface area contributed by atoms with Crippen LogP contribution in [0.3, 0.4) is 0 Å². The number of rotatable bonds is 10. The van der Waals surface area contributed by atoms with Crippen LogP contribution in [-0.2, 0) is 9.59 Å². The Morgan fingerprint density at radius 1 is 0.915 bits per heavy atom. The van der Waals surface area contributed by atoms with Crippen molar-refractivity contribution in [3.63, 3.8) is 0 Å². The summed E-state index contributed by atoms with van der Waals surface area (Å²) in [4.78, 5) is 79.2. The van der Waals surface area contributed by atoms with Gasteiger partial charge in [-0.1, -0.05) is 11.6 Å². The molecule has 4 fully saturated rings. The Labute approximate surface area is 349 Å². The number of ether oxygens (including phenoxy) is 1. The zero-order valence-electron chi connectivity index (χ0n) is 33.4. The van der Waals surface area contributed by atoms with Gasteiger partial charge >= 0.3 is 0 Å². The maximum Gasteiger partial charge on any atom is 0.262 e. The number of imide groups is 2. The third-order valence-electron chi connectivity index (χ3n) is 12.6. The Bertz CT molecular complexity index is 2180. The molecule has 5 amide bonds. The number of pyridine rings is 1. The number of anilines is 2. The van der Waals surface area contributed by atoms with Crippen molar-refractivity contribution in [3.8, 4) is 11.8 Å². The van der Waals surface area contributed by atoms with Gasteiger partial charge in [0.2, 0.25) is 11.8 Å². The summed E-state index contributed by atoms with van der Waals surface area (Å²) in [5.41, 5.74) is 2.48. The van der Waals surface area contributed by atoms with Gasteiger partial charge in [0.1, 0.15) is 23.7 Å². The maximum absolute atomic E-state index is 13.8. The number of aromatic nitrogens is 1. The van der Waals surface area contributed by atoms with Gasteiger partial charge in [0, 0.05) is 88.7 Å². The number of piperidine rings is 2. The molecule has 15 heteroatoms. The SMILES string of the molecule is CC(CC1CCC(C)N1C(=O)c1ccc(N2CCN(CC3CCN(c4ccc5c(c4)C(=O)N(C4CCC(=O)NC4=O)C5=O)CC3)CC2)nc1)Oc1ccc(C#N)c(Cl)c1. The van der Waals surface area contributed by atoms with Gasteiger partial charge in [-0.05, 0) is 94.3 Å². The van der Waals surface area contributed by atoms with Crippen molar-refractivity contribution < 1.29 is 28.7 Å². The van der Waals surface area contributed by atoms with Crippen molar-refractivity contribution in [2.75, 3.05) is 55.6 Å². The fourth-order valence-electron chi connectivity index (χ4n) is 9.40. The van der Waals surface area contributed by atoms with Crippen LogP contribution in [0.2, 0.25) is 5.02 Å². The number of carbonyl (C=O) groups is 5. The van der Waals surface area contributed by atoms with E-state index in [0.717, 1.165) is 87.9 Å². The van der Waals surface area contributed by atoms with Gasteiger partial charge in [-0.15, -0.1) is 0 Å². The van der Waals surface area contributed by atoms with Gasteiger partial charge < -0.3 is 19.4 Å². The van der Waals surface area contributed by atoms with Crippen LogP contribution in [0.15, 0.2) is 54.7 Å². The monoisotopic (exact) mass is 820 g/mol. The average molecular weight is 821 g/mol. The van der Waals surface area contributed by atoms with Crippen molar-refractivity contribution in [1.29, 1.82) is 5.26 Å². The molecule has 8 rings (SSSR count). The Kier molecular flexibility index (Phi) is 11.6. The van der Waals surface area contributed by atoms with E-state index in [1.807, 2.05) is 30.0 Å². The Morgan fingerprint density at radius 2 is 1.68 bits per heavy atom. The molecule has 59 heavy (non-hydrogen) atoms. The minimum Gasteiger partial charge on any atom is -0.491 e. The molecule has 0 saturated carbocycles. The van der Waals surface area contributed by atoms with Crippen LogP contribution in [0.1, 0.15) is 95.4 Å². The highest BCUT2D eigenvalue weighted by Crippen LogP contribution is 2.34. The lowest BCUT2D eigenvalue weighted by molar-refractivity contribution is -0.136. The van der Waals surface area contributed by atoms with Gasteiger partial charge in [-0.25, -0.2) is 4.98 Å². The summed E-state index contributed by atoms with van der Waals surface area (Å²) < 4.78 is 6.13. The molecule has 0 spiro atoms. The van der Waals surface area contributed by atoms with Crippen LogP contribution in [0, 0.1) is 17.2 Å². The number of nitriles is 1. The quantitative estimate of drug-likeness (QED) is 0.278. The average Bonchev–Trinajstić information content (AvgIpc) is 3.72. The molecule has 0 aliphatic carbocycles. The fraction of sp³-hybridized carbons (Fsp3) is 0.477. The van der Waals surface area contributed by atoms with Crippen molar-refractivity contribution in [3.05, 3.63) is 82.0 Å². The molecule has 2 aromatic carbocycles. The van der Waals surface area contributed by atoms with Gasteiger partial charge in [0.15, 0.2) is 0 Å². The van der Waals surface area contributed by atoms with Gasteiger partial charge in [-0.2, -0.15) is 5.26 Å². The predicted octanol–water partition coefficient (Wildman–Crippen LogP) is 4.90. The normalized spacial score (nSPS) is 23.3. The summed E-state index contributed by atoms with van der Waals surface area (Å²) in [7, 11) is 0. The van der Waals surface area contributed by atoms with Crippen LogP contribution in [0.4, 0.5) is 11.5 Å². The number of hydrogen-bond acceptors (Lipinski definition) is 11. The molecule has 5 aliphatic heterocycles. The van der Waals surface area contributed by atoms with E-state index >= 15 is 0 Å². The number of amides is 5. The van der Waals surface area contributed by atoms with E-state index in [-0.39, 0.29) is 36.9 Å². The molecular weight excluding hydrogens is 772 g/mol. The first-order valence-electron chi connectivity index (χ1n) is 20.7. The largest absolute Gasteiger partial charge is 0.491 e. The summed E-state index contributed by atoms with van der Waals surface area (Å²) in [6.45, 7) is 10.3. The van der Waals surface area contributed by atoms with Crippen LogP contribution in [-0.4, -0.2) is 119 Å². The first-order chi connectivity index (χ1) is 28.5. The molecule has 1 N–H and O–H groups in total. The second kappa shape index (κ2) is 17.0. The van der Waals surface area contributed by atoms with E-state index in [9.17, 15) is 24.0 Å². The Morgan fingerprint density at radius 3 is 2.37 bits per heavy atom. The van der Waals surface area contributed by atoms with Gasteiger partial charge in [-0.3, -0.25) is 39.1 Å². The van der Waals surface area contributed by atoms with E-state index in [0.29, 0.717) is 45.4 Å². The molecule has 4 atom stereocenters. The molecule has 14 nitrogen and oxygen atoms in total. The molecule has 0 bridgehead atoms. The van der Waals surface area contributed by atoms with Crippen LogP contribution in [0.5, 0.6) is 5.75 Å². The highest BCUT2D eigenvalue weighted by Gasteiger charge is 2.45. The number of fused-ring (bicyclic) bond motifs is 1. The van der Waals surface area contributed by atoms with Crippen molar-refractivity contribution in [2.45, 2.75) is 83.0 Å². The number of nitrogens with zero attached hydrogens (tertiary/aromatic N) is 7. The minimum atomic E-state index is -0.974. The maximum atomic E-state index is 13.8. The Hall–Kier alpha value is -5.52. The van der Waals surface area contributed by atoms with Crippen molar-refractivity contribution in [2.24, 2.45) is 5.92 Å². The first kappa shape index (κ1) is 40.3. The number of nitrogens with one attached hydrogen (secondary N) is 1. The second-order valence-corrected chi connectivity index (χ2v) is 16.9. The number of carbonyl (C=O) groups excluding carboxylic acids is 5. The molecule has 3 aromatic rings. The summed E-state index contributed by atoms with van der Waals surface area (Å²) >= 11 is 6.20. The molecule has 1 aromatic heterocycles. The van der Waals surface area contributed by atoms with Crippen molar-refractivity contribution >= 4 is 52.6 Å². The fourth-order valence-corrected chi connectivity index (χ4v) is 9.61. The van der Waals surface area contributed by atoms with Crippen LogP contribution < -0.4 is 19.9 Å². The highest BCUT2D eigenvalue weighted by atomic mass is 35.5. The molecule has 0 radical (unpaired) electrons. The second-order valence-electron chi connectivity index (χ2n) is 16.5. The standard InChI is InChI=1S/C44H49ClN8O6/c1-27-3-6-33(21-28(2)59-34-8-4-30(24-46)37(45)23-34)52(27)42(56)31-5-11-39(47-25-31)51-19-17-49(18-20-51)26-29-13-15-50(16-14-29)32-7-9-35-36(22-32)44(58)53(43(35)57)38-10-12-40(54)48-41(38)55/h4-5,7-9,11,22-23,25,27-29,33,38H,3,6,10,12-21,26H2,1-2H3,(H,48,54,55). The summed E-state index contributed by atoms with van der Waals surface area (Å²) in [6, 6.07) is 15.5. The minimum absolute atomic E-state index is 0.0141. The molecular formula is C44H49ClN8O6. The molecule has 4 unspecified atom stereocenters. The summed E-state index contributed by atoms with van der Waals surface area (Å²) in [5, 5.41) is 11.8. The Balaban J connectivity index is 0.792. The highest BCUT2D eigenvalue weighted by molar-refractivity contribution is 6.31. The molecule has 4 saturated heterocycles. The smallest absolute Gasteiger partial charge is 0.262 e. The molecule has 308 valence electrons. The number of hydrogen-bond donors (Lipinski definition) is 1. The van der Waals surface area contributed by atoms with E-state index < -0.39 is 29.7 Å². The van der Waals surface area contributed by atoms with Gasteiger partial charge in [0.05, 0.1) is 33.4 Å². The molecule has 6 heterocycles. The number of piperazine rings is 1. The number of likely N-dealkylation sites (tertiary alicyclic amines) is 1. The number of halogens is 1. The lowest BCUT2D eigenvalue weighted by Crippen LogP contribution is -2.54. The third-order valence-corrected chi connectivity index (χ3v) is 12.9. The zero-order chi connectivity index (χ0) is 41.4. The first-order valence-corrected chi connectivity index (χ1v) is 21.1. The predicted molar refractivity (Wildman–Crippen MR) is 220 cm³/mol. The van der Waals surface area contributed by atoms with E-state index in [2.05, 4.69) is 33.0 Å². The third kappa shape index (κ3) is 8.36. The van der Waals surface area contributed by atoms with Crippen molar-refractivity contribution in [1.82, 2.24) is 25.0 Å². The van der Waals surface area contributed by atoms with E-state index in [1.165, 1.54) is 0 Å². The van der Waals surface area contributed by atoms with Crippen LogP contribution in [0.25, 0.3) is 0 Å². The number of benzene rings is 2.